The lowest BCUT2D eigenvalue weighted by atomic mass is 9.93. The Bertz CT molecular complexity index is 314. The molecule has 0 spiro atoms. The Morgan fingerprint density at radius 3 is 2.70 bits per heavy atom. The molecular formula is C15H28N2O3. The largest absolute Gasteiger partial charge is 0.481 e. The number of carboxylic acid groups (broad SMARTS) is 1. The van der Waals surface area contributed by atoms with Crippen LogP contribution in [-0.2, 0) is 9.59 Å². The second kappa shape index (κ2) is 8.95. The quantitative estimate of drug-likeness (QED) is 0.712. The first-order valence-corrected chi connectivity index (χ1v) is 7.79. The molecule has 1 aliphatic heterocycles. The van der Waals surface area contributed by atoms with Crippen LogP contribution in [0.5, 0.6) is 0 Å². The lowest BCUT2D eigenvalue weighted by molar-refractivity contribution is -0.145. The minimum atomic E-state index is -0.783. The van der Waals surface area contributed by atoms with E-state index >= 15 is 0 Å². The van der Waals surface area contributed by atoms with Crippen LogP contribution < -0.4 is 5.73 Å². The van der Waals surface area contributed by atoms with Crippen LogP contribution in [0.1, 0.15) is 51.9 Å². The first kappa shape index (κ1) is 17.0. The molecule has 0 bridgehead atoms. The van der Waals surface area contributed by atoms with E-state index in [2.05, 4.69) is 6.92 Å². The van der Waals surface area contributed by atoms with Crippen molar-refractivity contribution in [3.8, 4) is 0 Å². The molecule has 1 rings (SSSR count). The molecule has 0 saturated carbocycles. The molecule has 0 aromatic rings. The van der Waals surface area contributed by atoms with Crippen molar-refractivity contribution < 1.29 is 14.7 Å². The molecule has 1 heterocycles. The van der Waals surface area contributed by atoms with Gasteiger partial charge >= 0.3 is 5.97 Å². The fourth-order valence-corrected chi connectivity index (χ4v) is 2.97. The number of carbonyl (C=O) groups excluding carboxylic acids is 1. The highest BCUT2D eigenvalue weighted by molar-refractivity contribution is 5.78. The summed E-state index contributed by atoms with van der Waals surface area (Å²) in [5, 5.41) is 9.04. The van der Waals surface area contributed by atoms with Crippen LogP contribution in [0.15, 0.2) is 0 Å². The summed E-state index contributed by atoms with van der Waals surface area (Å²) >= 11 is 0. The number of piperidine rings is 1. The number of aliphatic carboxylic acids is 1. The van der Waals surface area contributed by atoms with Gasteiger partial charge in [-0.2, -0.15) is 0 Å². The van der Waals surface area contributed by atoms with E-state index in [9.17, 15) is 9.59 Å². The molecule has 5 heteroatoms. The zero-order valence-electron chi connectivity index (χ0n) is 12.5. The average molecular weight is 284 g/mol. The van der Waals surface area contributed by atoms with E-state index in [1.54, 1.807) is 4.90 Å². The molecular weight excluding hydrogens is 256 g/mol. The third kappa shape index (κ3) is 5.49. The summed E-state index contributed by atoms with van der Waals surface area (Å²) in [5.41, 5.74) is 5.60. The molecule has 2 unspecified atom stereocenters. The van der Waals surface area contributed by atoms with Gasteiger partial charge in [0.25, 0.3) is 0 Å². The molecule has 116 valence electrons. The fraction of sp³-hybridized carbons (Fsp3) is 0.867. The van der Waals surface area contributed by atoms with Gasteiger partial charge in [-0.15, -0.1) is 0 Å². The lowest BCUT2D eigenvalue weighted by Gasteiger charge is -2.31. The minimum Gasteiger partial charge on any atom is -0.481 e. The minimum absolute atomic E-state index is 0.106. The number of rotatable bonds is 8. The van der Waals surface area contributed by atoms with Gasteiger partial charge in [-0.1, -0.05) is 19.8 Å². The van der Waals surface area contributed by atoms with Gasteiger partial charge in [0.05, 0.1) is 5.92 Å². The zero-order valence-corrected chi connectivity index (χ0v) is 12.5. The number of nitrogens with zero attached hydrogens (tertiary/aromatic N) is 1. The van der Waals surface area contributed by atoms with E-state index in [-0.39, 0.29) is 11.8 Å². The van der Waals surface area contributed by atoms with Crippen molar-refractivity contribution >= 4 is 11.9 Å². The number of nitrogens with two attached hydrogens (primary N) is 1. The van der Waals surface area contributed by atoms with Crippen LogP contribution in [0.3, 0.4) is 0 Å². The summed E-state index contributed by atoms with van der Waals surface area (Å²) in [5.74, 6) is -0.541. The number of likely N-dealkylation sites (tertiary alicyclic amines) is 1. The second-order valence-electron chi connectivity index (χ2n) is 5.79. The van der Waals surface area contributed by atoms with E-state index in [0.29, 0.717) is 38.4 Å². The molecule has 0 aromatic heterocycles. The Hall–Kier alpha value is -1.10. The van der Waals surface area contributed by atoms with Crippen molar-refractivity contribution in [1.29, 1.82) is 0 Å². The summed E-state index contributed by atoms with van der Waals surface area (Å²) in [7, 11) is 0. The number of hydrogen-bond acceptors (Lipinski definition) is 3. The van der Waals surface area contributed by atoms with Crippen LogP contribution in [0, 0.1) is 11.8 Å². The van der Waals surface area contributed by atoms with Crippen LogP contribution in [0.4, 0.5) is 0 Å². The normalized spacial score (nSPS) is 20.7. The average Bonchev–Trinajstić information content (AvgIpc) is 2.45. The second-order valence-corrected chi connectivity index (χ2v) is 5.79. The van der Waals surface area contributed by atoms with Gasteiger partial charge < -0.3 is 15.7 Å². The molecule has 0 radical (unpaired) electrons. The van der Waals surface area contributed by atoms with Gasteiger partial charge in [0.1, 0.15) is 0 Å². The highest BCUT2D eigenvalue weighted by Gasteiger charge is 2.28. The fourth-order valence-electron chi connectivity index (χ4n) is 2.97. The standard InChI is InChI=1S/C15H28N2O3/c1-2-4-12(8-9-16)6-7-14(18)17-10-3-5-13(11-17)15(19)20/h12-13H,2-11,16H2,1H3,(H,19,20). The SMILES string of the molecule is CCCC(CCN)CCC(=O)N1CCCC(C(=O)O)C1. The maximum Gasteiger partial charge on any atom is 0.308 e. The Morgan fingerprint density at radius 2 is 2.10 bits per heavy atom. The summed E-state index contributed by atoms with van der Waals surface area (Å²) in [6.45, 7) is 3.90. The van der Waals surface area contributed by atoms with Gasteiger partial charge in [-0.3, -0.25) is 9.59 Å². The molecule has 1 fully saturated rings. The summed E-state index contributed by atoms with van der Waals surface area (Å²) in [6, 6.07) is 0. The number of amides is 1. The Balaban J connectivity index is 2.39. The smallest absolute Gasteiger partial charge is 0.308 e. The summed E-state index contributed by atoms with van der Waals surface area (Å²) < 4.78 is 0. The van der Waals surface area contributed by atoms with Crippen molar-refractivity contribution in [2.45, 2.75) is 51.9 Å². The Morgan fingerprint density at radius 1 is 1.35 bits per heavy atom. The first-order valence-electron chi connectivity index (χ1n) is 7.79. The molecule has 1 aliphatic rings. The molecule has 1 amide bonds. The van der Waals surface area contributed by atoms with Crippen LogP contribution in [-0.4, -0.2) is 41.5 Å². The van der Waals surface area contributed by atoms with Crippen molar-refractivity contribution in [3.63, 3.8) is 0 Å². The van der Waals surface area contributed by atoms with E-state index in [1.165, 1.54) is 0 Å². The van der Waals surface area contributed by atoms with E-state index in [4.69, 9.17) is 10.8 Å². The molecule has 20 heavy (non-hydrogen) atoms. The van der Waals surface area contributed by atoms with Gasteiger partial charge in [-0.05, 0) is 38.1 Å². The summed E-state index contributed by atoms with van der Waals surface area (Å²) in [6.07, 6.45) is 6.08. The maximum absolute atomic E-state index is 12.2. The van der Waals surface area contributed by atoms with Crippen LogP contribution >= 0.6 is 0 Å². The molecule has 5 nitrogen and oxygen atoms in total. The van der Waals surface area contributed by atoms with Gasteiger partial charge in [0.15, 0.2) is 0 Å². The van der Waals surface area contributed by atoms with Crippen molar-refractivity contribution in [3.05, 3.63) is 0 Å². The van der Waals surface area contributed by atoms with Crippen molar-refractivity contribution in [1.82, 2.24) is 4.90 Å². The topological polar surface area (TPSA) is 83.6 Å². The van der Waals surface area contributed by atoms with Gasteiger partial charge in [-0.25, -0.2) is 0 Å². The molecule has 2 atom stereocenters. The zero-order chi connectivity index (χ0) is 15.0. The number of carbonyl (C=O) groups is 2. The monoisotopic (exact) mass is 284 g/mol. The molecule has 0 aliphatic carbocycles. The highest BCUT2D eigenvalue weighted by Crippen LogP contribution is 2.21. The Labute approximate surface area is 121 Å². The predicted octanol–water partition coefficient (Wildman–Crippen LogP) is 1.85. The van der Waals surface area contributed by atoms with Crippen molar-refractivity contribution in [2.24, 2.45) is 17.6 Å². The predicted molar refractivity (Wildman–Crippen MR) is 78.2 cm³/mol. The summed E-state index contributed by atoms with van der Waals surface area (Å²) in [4.78, 5) is 24.9. The first-order chi connectivity index (χ1) is 9.58. The highest BCUT2D eigenvalue weighted by atomic mass is 16.4. The molecule has 1 saturated heterocycles. The van der Waals surface area contributed by atoms with E-state index in [0.717, 1.165) is 32.1 Å². The number of hydrogen-bond donors (Lipinski definition) is 2. The molecule has 3 N–H and O–H groups in total. The maximum atomic E-state index is 12.2. The van der Waals surface area contributed by atoms with Crippen molar-refractivity contribution in [2.75, 3.05) is 19.6 Å². The lowest BCUT2D eigenvalue weighted by Crippen LogP contribution is -2.42. The van der Waals surface area contributed by atoms with E-state index in [1.807, 2.05) is 0 Å². The van der Waals surface area contributed by atoms with Crippen LogP contribution in [0.25, 0.3) is 0 Å². The third-order valence-corrected chi connectivity index (χ3v) is 4.16. The third-order valence-electron chi connectivity index (χ3n) is 4.16. The Kier molecular flexibility index (Phi) is 7.59. The molecule has 0 aromatic carbocycles. The van der Waals surface area contributed by atoms with E-state index < -0.39 is 5.97 Å². The van der Waals surface area contributed by atoms with Gasteiger partial charge in [0, 0.05) is 19.5 Å². The number of carboxylic acids is 1. The van der Waals surface area contributed by atoms with Gasteiger partial charge in [0.2, 0.25) is 5.91 Å². The van der Waals surface area contributed by atoms with Crippen LogP contribution in [0.2, 0.25) is 0 Å².